The van der Waals surface area contributed by atoms with Crippen LogP contribution in [0.4, 0.5) is 11.6 Å². The average molecular weight is 301 g/mol. The summed E-state index contributed by atoms with van der Waals surface area (Å²) in [6.07, 6.45) is 0. The fourth-order valence-corrected chi connectivity index (χ4v) is 1.69. The molecule has 1 aromatic carbocycles. The minimum atomic E-state index is 0.0373. The molecule has 0 unspecified atom stereocenters. The lowest BCUT2D eigenvalue weighted by Gasteiger charge is -2.08. The van der Waals surface area contributed by atoms with E-state index in [1.165, 1.54) is 14.2 Å². The summed E-state index contributed by atoms with van der Waals surface area (Å²) in [5, 5.41) is 3.51. The zero-order valence-electron chi connectivity index (χ0n) is 10.1. The lowest BCUT2D eigenvalue weighted by molar-refractivity contribution is 0.379. The number of aromatic nitrogens is 3. The number of benzene rings is 1. The first-order valence-corrected chi connectivity index (χ1v) is 5.94. The van der Waals surface area contributed by atoms with Crippen LogP contribution in [0.3, 0.4) is 0 Å². The monoisotopic (exact) mass is 300 g/mol. The summed E-state index contributed by atoms with van der Waals surface area (Å²) >= 11 is 11.7. The molecule has 0 spiro atoms. The topological polar surface area (TPSA) is 69.2 Å². The predicted molar refractivity (Wildman–Crippen MR) is 72.7 cm³/mol. The second-order valence-electron chi connectivity index (χ2n) is 3.39. The maximum Gasteiger partial charge on any atom is 0.322 e. The molecule has 1 heterocycles. The van der Waals surface area contributed by atoms with Gasteiger partial charge in [-0.05, 0) is 23.7 Å². The van der Waals surface area contributed by atoms with Crippen molar-refractivity contribution in [3.8, 4) is 11.8 Å². The van der Waals surface area contributed by atoms with Crippen LogP contribution in [0.5, 0.6) is 11.8 Å². The minimum Gasteiger partial charge on any atom is -0.495 e. The predicted octanol–water partition coefficient (Wildman–Crippen LogP) is 2.94. The van der Waals surface area contributed by atoms with E-state index in [9.17, 15) is 0 Å². The van der Waals surface area contributed by atoms with Gasteiger partial charge in [0, 0.05) is 11.8 Å². The van der Waals surface area contributed by atoms with Gasteiger partial charge in [-0.3, -0.25) is 0 Å². The molecule has 0 saturated carbocycles. The molecule has 0 aliphatic heterocycles. The van der Waals surface area contributed by atoms with Crippen LogP contribution in [0, 0.1) is 0 Å². The van der Waals surface area contributed by atoms with E-state index in [0.29, 0.717) is 16.5 Å². The van der Waals surface area contributed by atoms with E-state index in [0.717, 1.165) is 0 Å². The first-order chi connectivity index (χ1) is 9.12. The smallest absolute Gasteiger partial charge is 0.322 e. The summed E-state index contributed by atoms with van der Waals surface area (Å²) < 4.78 is 10.0. The number of nitrogens with one attached hydrogen (secondary N) is 1. The van der Waals surface area contributed by atoms with Crippen molar-refractivity contribution in [2.45, 2.75) is 0 Å². The largest absolute Gasteiger partial charge is 0.495 e. The molecule has 0 saturated heterocycles. The number of hydrogen-bond donors (Lipinski definition) is 1. The number of halogens is 2. The molecule has 6 nitrogen and oxygen atoms in total. The quantitative estimate of drug-likeness (QED) is 0.936. The molecule has 2 rings (SSSR count). The van der Waals surface area contributed by atoms with Gasteiger partial charge in [-0.15, -0.1) is 0 Å². The lowest BCUT2D eigenvalue weighted by atomic mass is 10.3. The second kappa shape index (κ2) is 5.90. The van der Waals surface area contributed by atoms with E-state index in [1.54, 1.807) is 18.2 Å². The molecule has 19 heavy (non-hydrogen) atoms. The highest BCUT2D eigenvalue weighted by molar-refractivity contribution is 6.32. The standard InChI is InChI=1S/C11H10Cl2N4O2/c1-18-8-5-6(3-4-7(8)12)14-10-15-9(13)16-11(17-10)19-2/h3-5H,1-2H3,(H,14,15,16,17). The zero-order valence-corrected chi connectivity index (χ0v) is 11.7. The molecule has 8 heteroatoms. The maximum atomic E-state index is 5.94. The van der Waals surface area contributed by atoms with Crippen LogP contribution in [0.15, 0.2) is 18.2 Å². The van der Waals surface area contributed by atoms with E-state index in [2.05, 4.69) is 20.3 Å². The van der Waals surface area contributed by atoms with Gasteiger partial charge in [-0.25, -0.2) is 0 Å². The summed E-state index contributed by atoms with van der Waals surface area (Å²) in [7, 11) is 2.98. The molecule has 0 bridgehead atoms. The summed E-state index contributed by atoms with van der Waals surface area (Å²) in [4.78, 5) is 11.7. The molecule has 1 aromatic heterocycles. The van der Waals surface area contributed by atoms with Crippen LogP contribution < -0.4 is 14.8 Å². The molecule has 2 aromatic rings. The Morgan fingerprint density at radius 2 is 1.84 bits per heavy atom. The third kappa shape index (κ3) is 3.36. The molecule has 1 N–H and O–H groups in total. The Bertz CT molecular complexity index is 595. The van der Waals surface area contributed by atoms with Crippen molar-refractivity contribution < 1.29 is 9.47 Å². The van der Waals surface area contributed by atoms with Crippen LogP contribution in [0.25, 0.3) is 0 Å². The van der Waals surface area contributed by atoms with Gasteiger partial charge in [0.05, 0.1) is 19.2 Å². The fourth-order valence-electron chi connectivity index (χ4n) is 1.35. The van der Waals surface area contributed by atoms with Crippen LogP contribution in [0.2, 0.25) is 10.3 Å². The van der Waals surface area contributed by atoms with E-state index >= 15 is 0 Å². The van der Waals surface area contributed by atoms with E-state index in [-0.39, 0.29) is 17.2 Å². The van der Waals surface area contributed by atoms with Crippen molar-refractivity contribution in [3.63, 3.8) is 0 Å². The van der Waals surface area contributed by atoms with Gasteiger partial charge in [-0.2, -0.15) is 15.0 Å². The Labute approximate surface area is 119 Å². The third-order valence-corrected chi connectivity index (χ3v) is 2.66. The van der Waals surface area contributed by atoms with Crippen LogP contribution in [-0.4, -0.2) is 29.2 Å². The van der Waals surface area contributed by atoms with Gasteiger partial charge >= 0.3 is 6.01 Å². The summed E-state index contributed by atoms with van der Waals surface area (Å²) in [6.45, 7) is 0. The number of anilines is 2. The molecule has 100 valence electrons. The summed E-state index contributed by atoms with van der Waals surface area (Å²) in [6, 6.07) is 5.30. The van der Waals surface area contributed by atoms with Gasteiger partial charge in [0.1, 0.15) is 5.75 Å². The van der Waals surface area contributed by atoms with Crippen molar-refractivity contribution >= 4 is 34.8 Å². The van der Waals surface area contributed by atoms with Crippen molar-refractivity contribution in [2.24, 2.45) is 0 Å². The van der Waals surface area contributed by atoms with Gasteiger partial charge in [0.2, 0.25) is 11.2 Å². The Kier molecular flexibility index (Phi) is 4.24. The fraction of sp³-hybridized carbons (Fsp3) is 0.182. The molecule has 0 radical (unpaired) electrons. The highest BCUT2D eigenvalue weighted by Gasteiger charge is 2.07. The lowest BCUT2D eigenvalue weighted by Crippen LogP contribution is -2.01. The molecule has 0 amide bonds. The van der Waals surface area contributed by atoms with E-state index in [1.807, 2.05) is 0 Å². The number of hydrogen-bond acceptors (Lipinski definition) is 6. The minimum absolute atomic E-state index is 0.0373. The van der Waals surface area contributed by atoms with Gasteiger partial charge in [0.25, 0.3) is 0 Å². The zero-order chi connectivity index (χ0) is 13.8. The third-order valence-electron chi connectivity index (χ3n) is 2.18. The summed E-state index contributed by atoms with van der Waals surface area (Å²) in [5.41, 5.74) is 0.700. The van der Waals surface area contributed by atoms with E-state index in [4.69, 9.17) is 32.7 Å². The molecular formula is C11H10Cl2N4O2. The average Bonchev–Trinajstić information content (AvgIpc) is 2.40. The van der Waals surface area contributed by atoms with Crippen LogP contribution >= 0.6 is 23.2 Å². The summed E-state index contributed by atoms with van der Waals surface area (Å²) in [5.74, 6) is 0.806. The van der Waals surface area contributed by atoms with Gasteiger partial charge in [0.15, 0.2) is 0 Å². The van der Waals surface area contributed by atoms with Gasteiger partial charge < -0.3 is 14.8 Å². The van der Waals surface area contributed by atoms with Crippen LogP contribution in [0.1, 0.15) is 0 Å². The Morgan fingerprint density at radius 1 is 1.05 bits per heavy atom. The molecule has 0 aliphatic rings. The van der Waals surface area contributed by atoms with Crippen molar-refractivity contribution in [2.75, 3.05) is 19.5 Å². The van der Waals surface area contributed by atoms with Crippen molar-refractivity contribution in [1.82, 2.24) is 15.0 Å². The van der Waals surface area contributed by atoms with E-state index < -0.39 is 0 Å². The van der Waals surface area contributed by atoms with Crippen molar-refractivity contribution in [3.05, 3.63) is 28.5 Å². The highest BCUT2D eigenvalue weighted by Crippen LogP contribution is 2.28. The molecular weight excluding hydrogens is 291 g/mol. The Hall–Kier alpha value is -1.79. The van der Waals surface area contributed by atoms with Gasteiger partial charge in [-0.1, -0.05) is 11.6 Å². The number of methoxy groups -OCH3 is 2. The first kappa shape index (κ1) is 13.6. The van der Waals surface area contributed by atoms with Crippen molar-refractivity contribution in [1.29, 1.82) is 0 Å². The number of nitrogens with zero attached hydrogens (tertiary/aromatic N) is 3. The Balaban J connectivity index is 2.28. The molecule has 0 aliphatic carbocycles. The Morgan fingerprint density at radius 3 is 2.53 bits per heavy atom. The number of rotatable bonds is 4. The molecule has 0 atom stereocenters. The highest BCUT2D eigenvalue weighted by atomic mass is 35.5. The first-order valence-electron chi connectivity index (χ1n) is 5.18. The SMILES string of the molecule is COc1nc(Cl)nc(Nc2ccc(Cl)c(OC)c2)n1. The molecule has 0 fully saturated rings. The van der Waals surface area contributed by atoms with Crippen LogP contribution in [-0.2, 0) is 0 Å². The normalized spacial score (nSPS) is 10.1. The number of ether oxygens (including phenoxy) is 2. The maximum absolute atomic E-state index is 5.94. The second-order valence-corrected chi connectivity index (χ2v) is 4.13.